The first-order chi connectivity index (χ1) is 10.8. The third kappa shape index (κ3) is 2.43. The summed E-state index contributed by atoms with van der Waals surface area (Å²) in [6.07, 6.45) is 0.729. The zero-order valence-corrected chi connectivity index (χ0v) is 12.9. The van der Waals surface area contributed by atoms with Gasteiger partial charge in [-0.25, -0.2) is 0 Å². The first-order valence-corrected chi connectivity index (χ1v) is 7.33. The van der Waals surface area contributed by atoms with E-state index in [9.17, 15) is 0 Å². The quantitative estimate of drug-likeness (QED) is 0.662. The maximum atomic E-state index is 6.07. The minimum atomic E-state index is 0.591. The van der Waals surface area contributed by atoms with Crippen LogP contribution in [0.1, 0.15) is 12.0 Å². The molecule has 1 radical (unpaired) electrons. The van der Waals surface area contributed by atoms with Crippen LogP contribution in [0.25, 0.3) is 22.3 Å². The second-order valence-corrected chi connectivity index (χ2v) is 5.09. The number of furan rings is 1. The molecule has 0 saturated carbocycles. The van der Waals surface area contributed by atoms with Gasteiger partial charge in [0.15, 0.2) is 0 Å². The number of methoxy groups -OCH3 is 1. The normalized spacial score (nSPS) is 10.9. The maximum absolute atomic E-state index is 6.07. The Morgan fingerprint density at radius 2 is 1.82 bits per heavy atom. The number of hydrogen-bond acceptors (Lipinski definition) is 3. The summed E-state index contributed by atoms with van der Waals surface area (Å²) in [6.45, 7) is 6.45. The molecule has 0 aliphatic heterocycles. The van der Waals surface area contributed by atoms with Gasteiger partial charge in [-0.05, 0) is 44.5 Å². The summed E-state index contributed by atoms with van der Waals surface area (Å²) in [7, 11) is 1.67. The Balaban J connectivity index is 2.18. The van der Waals surface area contributed by atoms with Gasteiger partial charge in [0.2, 0.25) is 0 Å². The molecular formula is C19H19O3. The summed E-state index contributed by atoms with van der Waals surface area (Å²) in [4.78, 5) is 0. The number of aryl methyl sites for hydroxylation is 1. The topological polar surface area (TPSA) is 31.6 Å². The van der Waals surface area contributed by atoms with E-state index in [0.717, 1.165) is 45.8 Å². The molecule has 0 aliphatic rings. The minimum Gasteiger partial charge on any atom is -0.496 e. The third-order valence-corrected chi connectivity index (χ3v) is 3.67. The van der Waals surface area contributed by atoms with Gasteiger partial charge >= 0.3 is 0 Å². The Labute approximate surface area is 130 Å². The first kappa shape index (κ1) is 14.5. The van der Waals surface area contributed by atoms with Crippen LogP contribution < -0.4 is 9.47 Å². The van der Waals surface area contributed by atoms with Crippen molar-refractivity contribution >= 4 is 11.0 Å². The highest BCUT2D eigenvalue weighted by Crippen LogP contribution is 2.40. The van der Waals surface area contributed by atoms with Crippen LogP contribution in [0.2, 0.25) is 0 Å². The molecule has 0 unspecified atom stereocenters. The predicted molar refractivity (Wildman–Crippen MR) is 88.4 cm³/mol. The molecule has 1 aromatic heterocycles. The smallest absolute Gasteiger partial charge is 0.142 e. The van der Waals surface area contributed by atoms with Crippen LogP contribution in [0.4, 0.5) is 0 Å². The molecule has 3 aromatic rings. The molecule has 0 fully saturated rings. The van der Waals surface area contributed by atoms with E-state index in [-0.39, 0.29) is 0 Å². The molecule has 3 nitrogen and oxygen atoms in total. The zero-order valence-electron chi connectivity index (χ0n) is 12.9. The molecule has 0 N–H and O–H groups in total. The Hall–Kier alpha value is -2.42. The van der Waals surface area contributed by atoms with Gasteiger partial charge in [0.1, 0.15) is 22.8 Å². The largest absolute Gasteiger partial charge is 0.496 e. The summed E-state index contributed by atoms with van der Waals surface area (Å²) in [5.41, 5.74) is 2.82. The van der Waals surface area contributed by atoms with Gasteiger partial charge in [0.05, 0.1) is 24.7 Å². The van der Waals surface area contributed by atoms with Crippen molar-refractivity contribution in [2.45, 2.75) is 13.3 Å². The van der Waals surface area contributed by atoms with Crippen molar-refractivity contribution in [3.63, 3.8) is 0 Å². The molecule has 2 aromatic carbocycles. The second kappa shape index (κ2) is 6.14. The molecule has 0 amide bonds. The minimum absolute atomic E-state index is 0.591. The van der Waals surface area contributed by atoms with E-state index in [0.29, 0.717) is 6.61 Å². The van der Waals surface area contributed by atoms with E-state index in [1.165, 1.54) is 0 Å². The fourth-order valence-corrected chi connectivity index (χ4v) is 2.66. The van der Waals surface area contributed by atoms with E-state index in [1.807, 2.05) is 49.4 Å². The fraction of sp³-hybridized carbons (Fsp3) is 0.211. The van der Waals surface area contributed by atoms with E-state index in [1.54, 1.807) is 7.11 Å². The molecule has 22 heavy (non-hydrogen) atoms. The van der Waals surface area contributed by atoms with Crippen molar-refractivity contribution in [1.82, 2.24) is 0 Å². The van der Waals surface area contributed by atoms with Crippen molar-refractivity contribution in [1.29, 1.82) is 0 Å². The first-order valence-electron chi connectivity index (χ1n) is 7.33. The van der Waals surface area contributed by atoms with Crippen molar-refractivity contribution < 1.29 is 13.9 Å². The predicted octanol–water partition coefficient (Wildman–Crippen LogP) is 5.02. The third-order valence-electron chi connectivity index (χ3n) is 3.67. The lowest BCUT2D eigenvalue weighted by atomic mass is 10.1. The summed E-state index contributed by atoms with van der Waals surface area (Å²) in [6, 6.07) is 13.7. The van der Waals surface area contributed by atoms with Crippen molar-refractivity contribution in [2.75, 3.05) is 13.7 Å². The van der Waals surface area contributed by atoms with Gasteiger partial charge in [0.25, 0.3) is 0 Å². The Bertz CT molecular complexity index is 786. The SMILES string of the molecule is [CH2]CCOc1cccc2oc(-c3ccccc3OC)c(C)c12. The Kier molecular flexibility index (Phi) is 4.05. The summed E-state index contributed by atoms with van der Waals surface area (Å²) < 4.78 is 17.3. The van der Waals surface area contributed by atoms with Gasteiger partial charge in [-0.2, -0.15) is 0 Å². The number of benzene rings is 2. The van der Waals surface area contributed by atoms with Gasteiger partial charge in [-0.1, -0.05) is 18.2 Å². The molecule has 0 bridgehead atoms. The number of fused-ring (bicyclic) bond motifs is 1. The van der Waals surface area contributed by atoms with Gasteiger partial charge in [-0.3, -0.25) is 0 Å². The summed E-state index contributed by atoms with van der Waals surface area (Å²) >= 11 is 0. The van der Waals surface area contributed by atoms with Crippen LogP contribution in [-0.4, -0.2) is 13.7 Å². The molecule has 0 atom stereocenters. The fourth-order valence-electron chi connectivity index (χ4n) is 2.66. The molecule has 0 saturated heterocycles. The van der Waals surface area contributed by atoms with E-state index < -0.39 is 0 Å². The lowest BCUT2D eigenvalue weighted by Gasteiger charge is -2.07. The number of ether oxygens (including phenoxy) is 2. The van der Waals surface area contributed by atoms with Crippen LogP contribution in [0.3, 0.4) is 0 Å². The average Bonchev–Trinajstić information content (AvgIpc) is 2.90. The van der Waals surface area contributed by atoms with E-state index >= 15 is 0 Å². The van der Waals surface area contributed by atoms with E-state index in [4.69, 9.17) is 13.9 Å². The molecule has 3 heteroatoms. The van der Waals surface area contributed by atoms with Crippen LogP contribution in [0.15, 0.2) is 46.9 Å². The molecule has 113 valence electrons. The van der Waals surface area contributed by atoms with Gasteiger partial charge in [0, 0.05) is 5.56 Å². The van der Waals surface area contributed by atoms with Crippen molar-refractivity contribution in [3.05, 3.63) is 55.0 Å². The molecule has 1 heterocycles. The maximum Gasteiger partial charge on any atom is 0.142 e. The Morgan fingerprint density at radius 3 is 2.59 bits per heavy atom. The highest BCUT2D eigenvalue weighted by molar-refractivity contribution is 5.93. The summed E-state index contributed by atoms with van der Waals surface area (Å²) in [5.74, 6) is 2.45. The van der Waals surface area contributed by atoms with Crippen molar-refractivity contribution in [2.24, 2.45) is 0 Å². The Morgan fingerprint density at radius 1 is 1.05 bits per heavy atom. The number of hydrogen-bond donors (Lipinski definition) is 0. The average molecular weight is 295 g/mol. The van der Waals surface area contributed by atoms with Gasteiger partial charge in [-0.15, -0.1) is 0 Å². The lowest BCUT2D eigenvalue weighted by molar-refractivity contribution is 0.328. The highest BCUT2D eigenvalue weighted by Gasteiger charge is 2.18. The van der Waals surface area contributed by atoms with Crippen LogP contribution >= 0.6 is 0 Å². The van der Waals surface area contributed by atoms with Crippen LogP contribution in [-0.2, 0) is 0 Å². The number of rotatable bonds is 5. The molecule has 0 aliphatic carbocycles. The van der Waals surface area contributed by atoms with Gasteiger partial charge < -0.3 is 13.9 Å². The standard InChI is InChI=1S/C19H19O3/c1-4-12-21-16-10-7-11-17-18(16)13(2)19(22-17)14-8-5-6-9-15(14)20-3/h5-11H,1,4,12H2,2-3H3. The second-order valence-electron chi connectivity index (χ2n) is 5.09. The van der Waals surface area contributed by atoms with Crippen LogP contribution in [0, 0.1) is 13.8 Å². The summed E-state index contributed by atoms with van der Waals surface area (Å²) in [5, 5.41) is 1.01. The monoisotopic (exact) mass is 295 g/mol. The highest BCUT2D eigenvalue weighted by atomic mass is 16.5. The van der Waals surface area contributed by atoms with Crippen molar-refractivity contribution in [3.8, 4) is 22.8 Å². The molecular weight excluding hydrogens is 276 g/mol. The van der Waals surface area contributed by atoms with Crippen LogP contribution in [0.5, 0.6) is 11.5 Å². The number of para-hydroxylation sites is 1. The molecule has 3 rings (SSSR count). The van der Waals surface area contributed by atoms with E-state index in [2.05, 4.69) is 6.92 Å². The zero-order chi connectivity index (χ0) is 15.5. The molecule has 0 spiro atoms. The lowest BCUT2D eigenvalue weighted by Crippen LogP contribution is -1.95.